The van der Waals surface area contributed by atoms with E-state index in [1.807, 2.05) is 0 Å². The van der Waals surface area contributed by atoms with Gasteiger partial charge in [0.15, 0.2) is 0 Å². The lowest BCUT2D eigenvalue weighted by Crippen LogP contribution is -2.57. The SMILES string of the molecule is CC1(C(=O)OC(=O)C(F)(F)C(F)(F)C(F)(F)F)CCC(C(=O)[O-])C1(C)C. The Bertz CT molecular complexity index is 626. The molecule has 0 aromatic carbocycles. The number of hydrogen-bond acceptors (Lipinski definition) is 5. The molecule has 1 saturated carbocycles. The van der Waals surface area contributed by atoms with Gasteiger partial charge >= 0.3 is 30.0 Å². The number of carbonyl (C=O) groups excluding carboxylic acids is 3. The fourth-order valence-electron chi connectivity index (χ4n) is 2.85. The molecule has 0 radical (unpaired) electrons. The number of rotatable bonds is 4. The zero-order valence-electron chi connectivity index (χ0n) is 13.7. The Balaban J connectivity index is 3.11. The molecule has 1 aliphatic rings. The molecule has 0 spiro atoms. The number of esters is 2. The molecule has 0 amide bonds. The van der Waals surface area contributed by atoms with Gasteiger partial charge in [-0.15, -0.1) is 0 Å². The van der Waals surface area contributed by atoms with Gasteiger partial charge in [0.1, 0.15) is 0 Å². The first-order chi connectivity index (χ1) is 11.3. The first-order valence-corrected chi connectivity index (χ1v) is 7.14. The van der Waals surface area contributed by atoms with Gasteiger partial charge in [0.2, 0.25) is 0 Å². The normalized spacial score (nSPS) is 26.5. The second-order valence-electron chi connectivity index (χ2n) is 6.79. The Kier molecular flexibility index (Phi) is 5.19. The molecule has 0 bridgehead atoms. The van der Waals surface area contributed by atoms with Gasteiger partial charge in [-0.1, -0.05) is 13.8 Å². The number of hydrogen-bond donors (Lipinski definition) is 0. The van der Waals surface area contributed by atoms with Crippen molar-refractivity contribution in [2.45, 2.75) is 51.6 Å². The molecular weight excluding hydrogens is 381 g/mol. The summed E-state index contributed by atoms with van der Waals surface area (Å²) in [7, 11) is 0. The molecule has 150 valence electrons. The van der Waals surface area contributed by atoms with Gasteiger partial charge in [-0.05, 0) is 25.2 Å². The lowest BCUT2D eigenvalue weighted by molar-refractivity contribution is -0.347. The van der Waals surface area contributed by atoms with Gasteiger partial charge in [0.05, 0.1) is 5.41 Å². The second kappa shape index (κ2) is 6.08. The zero-order valence-corrected chi connectivity index (χ0v) is 13.7. The summed E-state index contributed by atoms with van der Waals surface area (Å²) >= 11 is 0. The number of aliphatic carboxylic acids is 1. The fourth-order valence-corrected chi connectivity index (χ4v) is 2.85. The molecular formula is C14H14F7O5-. The van der Waals surface area contributed by atoms with Crippen LogP contribution in [0.2, 0.25) is 0 Å². The maximum atomic E-state index is 13.3. The molecule has 12 heteroatoms. The Morgan fingerprint density at radius 2 is 1.46 bits per heavy atom. The quantitative estimate of drug-likeness (QED) is 0.414. The van der Waals surface area contributed by atoms with Gasteiger partial charge in [-0.2, -0.15) is 30.7 Å². The minimum absolute atomic E-state index is 0.176. The third-order valence-electron chi connectivity index (χ3n) is 5.15. The van der Waals surface area contributed by atoms with E-state index in [9.17, 15) is 50.2 Å². The second-order valence-corrected chi connectivity index (χ2v) is 6.79. The number of carboxylic acids is 1. The van der Waals surface area contributed by atoms with Crippen LogP contribution in [0.15, 0.2) is 0 Å². The van der Waals surface area contributed by atoms with Crippen LogP contribution in [0.25, 0.3) is 0 Å². The molecule has 0 aromatic rings. The smallest absolute Gasteiger partial charge is 0.460 e. The summed E-state index contributed by atoms with van der Waals surface area (Å²) in [6.45, 7) is 3.47. The number of carboxylic acid groups (broad SMARTS) is 1. The molecule has 0 aromatic heterocycles. The summed E-state index contributed by atoms with van der Waals surface area (Å²) in [6.07, 6.45) is -7.24. The van der Waals surface area contributed by atoms with Crippen LogP contribution in [0, 0.1) is 16.7 Å². The van der Waals surface area contributed by atoms with Crippen molar-refractivity contribution in [3.63, 3.8) is 0 Å². The van der Waals surface area contributed by atoms with Crippen molar-refractivity contribution < 1.29 is 55.0 Å². The highest BCUT2D eigenvalue weighted by Crippen LogP contribution is 2.56. The average Bonchev–Trinajstić information content (AvgIpc) is 2.68. The van der Waals surface area contributed by atoms with Gasteiger partial charge in [0, 0.05) is 11.9 Å². The van der Waals surface area contributed by atoms with Crippen LogP contribution >= 0.6 is 0 Å². The maximum absolute atomic E-state index is 13.3. The minimum atomic E-state index is -6.77. The molecule has 5 nitrogen and oxygen atoms in total. The first kappa shape index (κ1) is 22.2. The zero-order chi connectivity index (χ0) is 20.9. The first-order valence-electron chi connectivity index (χ1n) is 7.14. The van der Waals surface area contributed by atoms with E-state index in [0.717, 1.165) is 6.92 Å². The monoisotopic (exact) mass is 395 g/mol. The van der Waals surface area contributed by atoms with Crippen molar-refractivity contribution in [3.8, 4) is 0 Å². The molecule has 0 heterocycles. The summed E-state index contributed by atoms with van der Waals surface area (Å²) in [5.41, 5.74) is -3.41. The van der Waals surface area contributed by atoms with Crippen LogP contribution in [-0.4, -0.2) is 35.9 Å². The van der Waals surface area contributed by atoms with Crippen molar-refractivity contribution in [1.29, 1.82) is 0 Å². The van der Waals surface area contributed by atoms with Crippen molar-refractivity contribution in [2.75, 3.05) is 0 Å². The van der Waals surface area contributed by atoms with Crippen LogP contribution in [0.3, 0.4) is 0 Å². The molecule has 2 unspecified atom stereocenters. The molecule has 1 fully saturated rings. The van der Waals surface area contributed by atoms with Crippen molar-refractivity contribution in [1.82, 2.24) is 0 Å². The van der Waals surface area contributed by atoms with E-state index in [4.69, 9.17) is 0 Å². The minimum Gasteiger partial charge on any atom is -0.550 e. The fraction of sp³-hybridized carbons (Fsp3) is 0.786. The van der Waals surface area contributed by atoms with Crippen LogP contribution in [0.5, 0.6) is 0 Å². The van der Waals surface area contributed by atoms with E-state index in [1.54, 1.807) is 0 Å². The highest BCUT2D eigenvalue weighted by atomic mass is 19.4. The largest absolute Gasteiger partial charge is 0.550 e. The highest BCUT2D eigenvalue weighted by Gasteiger charge is 2.77. The molecule has 0 saturated heterocycles. The molecule has 26 heavy (non-hydrogen) atoms. The summed E-state index contributed by atoms with van der Waals surface area (Å²) in [5.74, 6) is -21.2. The predicted molar refractivity (Wildman–Crippen MR) is 66.7 cm³/mol. The van der Waals surface area contributed by atoms with Crippen molar-refractivity contribution in [2.24, 2.45) is 16.7 Å². The van der Waals surface area contributed by atoms with Crippen molar-refractivity contribution >= 4 is 17.9 Å². The Labute approximate surface area is 142 Å². The number of ether oxygens (including phenoxy) is 1. The summed E-state index contributed by atoms with van der Waals surface area (Å²) in [6, 6.07) is 0. The molecule has 1 aliphatic carbocycles. The third kappa shape index (κ3) is 3.02. The van der Waals surface area contributed by atoms with E-state index in [2.05, 4.69) is 4.74 Å². The van der Waals surface area contributed by atoms with Crippen LogP contribution in [0.4, 0.5) is 30.7 Å². The van der Waals surface area contributed by atoms with Gasteiger partial charge in [-0.3, -0.25) is 4.79 Å². The average molecular weight is 395 g/mol. The van der Waals surface area contributed by atoms with Crippen LogP contribution in [-0.2, 0) is 19.1 Å². The molecule has 1 rings (SSSR count). The summed E-state index contributed by atoms with van der Waals surface area (Å²) in [5, 5.41) is 11.1. The van der Waals surface area contributed by atoms with Crippen LogP contribution < -0.4 is 5.11 Å². The predicted octanol–water partition coefficient (Wildman–Crippen LogP) is 2.08. The number of alkyl halides is 7. The van der Waals surface area contributed by atoms with Gasteiger partial charge in [0.25, 0.3) is 0 Å². The van der Waals surface area contributed by atoms with Crippen LogP contribution in [0.1, 0.15) is 33.6 Å². The summed E-state index contributed by atoms with van der Waals surface area (Å²) < 4.78 is 92.0. The third-order valence-corrected chi connectivity index (χ3v) is 5.15. The van der Waals surface area contributed by atoms with E-state index in [0.29, 0.717) is 0 Å². The Morgan fingerprint density at radius 1 is 1.00 bits per heavy atom. The lowest BCUT2D eigenvalue weighted by Gasteiger charge is -2.39. The van der Waals surface area contributed by atoms with E-state index < -0.39 is 52.7 Å². The van der Waals surface area contributed by atoms with Gasteiger partial charge in [-0.25, -0.2) is 4.79 Å². The van der Waals surface area contributed by atoms with E-state index >= 15 is 0 Å². The Morgan fingerprint density at radius 3 is 1.81 bits per heavy atom. The maximum Gasteiger partial charge on any atom is 0.460 e. The lowest BCUT2D eigenvalue weighted by atomic mass is 9.65. The standard InChI is InChI=1S/C14H15F7O5/c1-10(2)6(7(22)23)4-5-11(10,3)8(24)26-9(25)12(15,16)13(17,18)14(19,20)21/h6H,4-5H2,1-3H3,(H,22,23)/p-1. The molecule has 2 atom stereocenters. The number of carbonyl (C=O) groups is 3. The van der Waals surface area contributed by atoms with E-state index in [-0.39, 0.29) is 12.8 Å². The van der Waals surface area contributed by atoms with Crippen molar-refractivity contribution in [3.05, 3.63) is 0 Å². The molecule has 0 N–H and O–H groups in total. The molecule has 0 aliphatic heterocycles. The number of halogens is 7. The Hall–Kier alpha value is -1.88. The topological polar surface area (TPSA) is 83.5 Å². The highest BCUT2D eigenvalue weighted by molar-refractivity contribution is 5.93. The van der Waals surface area contributed by atoms with E-state index in [1.165, 1.54) is 13.8 Å². The van der Waals surface area contributed by atoms with Gasteiger partial charge < -0.3 is 14.6 Å². The summed E-state index contributed by atoms with van der Waals surface area (Å²) in [4.78, 5) is 34.3.